The fourth-order valence-corrected chi connectivity index (χ4v) is 1.84. The Hall–Kier alpha value is -0.0800. The maximum Gasteiger partial charge on any atom is 0.0247 e. The van der Waals surface area contributed by atoms with Crippen molar-refractivity contribution in [3.8, 4) is 0 Å². The molecule has 1 N–H and O–H groups in total. The highest BCUT2D eigenvalue weighted by Gasteiger charge is 2.35. The SMILES string of the molecule is CN1CCNC2CC[C@@H]21. The molecule has 2 nitrogen and oxygen atoms in total. The number of nitrogens with one attached hydrogen (secondary N) is 1. The van der Waals surface area contributed by atoms with Gasteiger partial charge in [0.05, 0.1) is 0 Å². The average Bonchev–Trinajstić information content (AvgIpc) is 1.74. The van der Waals surface area contributed by atoms with Gasteiger partial charge in [0.1, 0.15) is 0 Å². The minimum absolute atomic E-state index is 0.837. The standard InChI is InChI=1S/C7H14N2/c1-9-5-4-8-6-2-3-7(6)9/h6-8H,2-5H2,1H3/t6?,7-/m0/s1. The molecule has 1 unspecified atom stereocenters. The van der Waals surface area contributed by atoms with Gasteiger partial charge in [0.15, 0.2) is 0 Å². The monoisotopic (exact) mass is 126 g/mol. The summed E-state index contributed by atoms with van der Waals surface area (Å²) in [5.41, 5.74) is 0. The van der Waals surface area contributed by atoms with Gasteiger partial charge in [0, 0.05) is 25.2 Å². The maximum absolute atomic E-state index is 3.51. The first-order chi connectivity index (χ1) is 4.38. The van der Waals surface area contributed by atoms with Gasteiger partial charge in [-0.15, -0.1) is 0 Å². The third-order valence-corrected chi connectivity index (χ3v) is 2.68. The molecule has 0 aromatic carbocycles. The highest BCUT2D eigenvalue weighted by molar-refractivity contribution is 4.96. The Balaban J connectivity index is 1.98. The molecule has 1 saturated carbocycles. The molecule has 0 bridgehead atoms. The third-order valence-electron chi connectivity index (χ3n) is 2.68. The summed E-state index contributed by atoms with van der Waals surface area (Å²) in [7, 11) is 2.23. The predicted octanol–water partition coefficient (Wildman–Crippen LogP) is 0.0524. The summed E-state index contributed by atoms with van der Waals surface area (Å²) in [4.78, 5) is 2.48. The summed E-state index contributed by atoms with van der Waals surface area (Å²) < 4.78 is 0. The van der Waals surface area contributed by atoms with Gasteiger partial charge in [-0.3, -0.25) is 0 Å². The zero-order valence-corrected chi connectivity index (χ0v) is 5.93. The lowest BCUT2D eigenvalue weighted by Gasteiger charge is -2.47. The van der Waals surface area contributed by atoms with Crippen molar-refractivity contribution in [3.63, 3.8) is 0 Å². The highest BCUT2D eigenvalue weighted by atomic mass is 15.2. The maximum atomic E-state index is 3.51. The van der Waals surface area contributed by atoms with Crippen molar-refractivity contribution in [2.24, 2.45) is 0 Å². The molecule has 0 amide bonds. The van der Waals surface area contributed by atoms with Gasteiger partial charge in [-0.05, 0) is 19.9 Å². The van der Waals surface area contributed by atoms with E-state index >= 15 is 0 Å². The largest absolute Gasteiger partial charge is 0.311 e. The van der Waals surface area contributed by atoms with Crippen LogP contribution >= 0.6 is 0 Å². The van der Waals surface area contributed by atoms with Crippen LogP contribution in [0.4, 0.5) is 0 Å². The van der Waals surface area contributed by atoms with E-state index in [1.54, 1.807) is 0 Å². The summed E-state index contributed by atoms with van der Waals surface area (Å²) in [6, 6.07) is 1.71. The molecule has 2 atom stereocenters. The van der Waals surface area contributed by atoms with Crippen LogP contribution in [-0.2, 0) is 0 Å². The zero-order valence-electron chi connectivity index (χ0n) is 5.93. The lowest BCUT2D eigenvalue weighted by atomic mass is 9.84. The number of piperazine rings is 1. The Morgan fingerprint density at radius 1 is 1.44 bits per heavy atom. The van der Waals surface area contributed by atoms with E-state index in [1.165, 1.54) is 25.9 Å². The lowest BCUT2D eigenvalue weighted by molar-refractivity contribution is 0.0750. The third kappa shape index (κ3) is 0.775. The van der Waals surface area contributed by atoms with Gasteiger partial charge in [-0.2, -0.15) is 0 Å². The van der Waals surface area contributed by atoms with E-state index < -0.39 is 0 Å². The first-order valence-electron chi connectivity index (χ1n) is 3.81. The lowest BCUT2D eigenvalue weighted by Crippen LogP contribution is -2.61. The molecule has 9 heavy (non-hydrogen) atoms. The summed E-state index contributed by atoms with van der Waals surface area (Å²) in [6.07, 6.45) is 2.81. The van der Waals surface area contributed by atoms with Crippen LogP contribution in [0.5, 0.6) is 0 Å². The number of rotatable bonds is 0. The number of likely N-dealkylation sites (N-methyl/N-ethyl adjacent to an activating group) is 1. The molecule has 2 aliphatic rings. The average molecular weight is 126 g/mol. The van der Waals surface area contributed by atoms with Crippen molar-refractivity contribution in [1.29, 1.82) is 0 Å². The predicted molar refractivity (Wildman–Crippen MR) is 37.4 cm³/mol. The second-order valence-corrected chi connectivity index (χ2v) is 3.19. The zero-order chi connectivity index (χ0) is 6.27. The molecular formula is C7H14N2. The van der Waals surface area contributed by atoms with Crippen molar-refractivity contribution < 1.29 is 0 Å². The van der Waals surface area contributed by atoms with E-state index in [0.717, 1.165) is 12.1 Å². The number of fused-ring (bicyclic) bond motifs is 1. The molecule has 52 valence electrons. The van der Waals surface area contributed by atoms with Crippen LogP contribution in [0.1, 0.15) is 12.8 Å². The normalized spacial score (nSPS) is 43.7. The second-order valence-electron chi connectivity index (χ2n) is 3.19. The highest BCUT2D eigenvalue weighted by Crippen LogP contribution is 2.26. The van der Waals surface area contributed by atoms with Crippen LogP contribution in [0, 0.1) is 0 Å². The smallest absolute Gasteiger partial charge is 0.0247 e. The van der Waals surface area contributed by atoms with E-state index in [4.69, 9.17) is 0 Å². The molecule has 0 spiro atoms. The molecule has 2 fully saturated rings. The molecule has 0 aromatic rings. The molecule has 1 aliphatic heterocycles. The molecule has 2 rings (SSSR count). The van der Waals surface area contributed by atoms with Crippen LogP contribution in [-0.4, -0.2) is 37.1 Å². The second kappa shape index (κ2) is 1.96. The van der Waals surface area contributed by atoms with E-state index in [1.807, 2.05) is 0 Å². The van der Waals surface area contributed by atoms with Crippen LogP contribution in [0.25, 0.3) is 0 Å². The Kier molecular flexibility index (Phi) is 1.24. The Morgan fingerprint density at radius 3 is 2.78 bits per heavy atom. The molecule has 0 radical (unpaired) electrons. The van der Waals surface area contributed by atoms with Gasteiger partial charge in [-0.1, -0.05) is 0 Å². The molecule has 0 aromatic heterocycles. The summed E-state index contributed by atoms with van der Waals surface area (Å²) in [5.74, 6) is 0. The van der Waals surface area contributed by atoms with Crippen molar-refractivity contribution >= 4 is 0 Å². The van der Waals surface area contributed by atoms with Gasteiger partial charge in [0.25, 0.3) is 0 Å². The Labute approximate surface area is 56.2 Å². The van der Waals surface area contributed by atoms with Crippen molar-refractivity contribution in [3.05, 3.63) is 0 Å². The van der Waals surface area contributed by atoms with Crippen molar-refractivity contribution in [2.45, 2.75) is 24.9 Å². The molecular weight excluding hydrogens is 112 g/mol. The number of hydrogen-bond donors (Lipinski definition) is 1. The number of hydrogen-bond acceptors (Lipinski definition) is 2. The van der Waals surface area contributed by atoms with Crippen LogP contribution < -0.4 is 5.32 Å². The minimum Gasteiger partial charge on any atom is -0.311 e. The van der Waals surface area contributed by atoms with Gasteiger partial charge >= 0.3 is 0 Å². The molecule has 1 aliphatic carbocycles. The van der Waals surface area contributed by atoms with E-state index in [0.29, 0.717) is 0 Å². The van der Waals surface area contributed by atoms with Crippen LogP contribution in [0.2, 0.25) is 0 Å². The molecule has 2 heteroatoms. The fourth-order valence-electron chi connectivity index (χ4n) is 1.84. The summed E-state index contributed by atoms with van der Waals surface area (Å²) in [6.45, 7) is 2.43. The minimum atomic E-state index is 0.837. The molecule has 1 heterocycles. The van der Waals surface area contributed by atoms with Crippen molar-refractivity contribution in [1.82, 2.24) is 10.2 Å². The van der Waals surface area contributed by atoms with Crippen molar-refractivity contribution in [2.75, 3.05) is 20.1 Å². The number of nitrogens with zero attached hydrogens (tertiary/aromatic N) is 1. The topological polar surface area (TPSA) is 15.3 Å². The van der Waals surface area contributed by atoms with E-state index in [2.05, 4.69) is 17.3 Å². The van der Waals surface area contributed by atoms with E-state index in [9.17, 15) is 0 Å². The van der Waals surface area contributed by atoms with Gasteiger partial charge < -0.3 is 10.2 Å². The fraction of sp³-hybridized carbons (Fsp3) is 1.00. The Bertz CT molecular complexity index is 107. The van der Waals surface area contributed by atoms with Crippen LogP contribution in [0.15, 0.2) is 0 Å². The Morgan fingerprint density at radius 2 is 2.33 bits per heavy atom. The molecule has 1 saturated heterocycles. The first-order valence-corrected chi connectivity index (χ1v) is 3.81. The van der Waals surface area contributed by atoms with E-state index in [-0.39, 0.29) is 0 Å². The van der Waals surface area contributed by atoms with Gasteiger partial charge in [-0.25, -0.2) is 0 Å². The first kappa shape index (κ1) is 5.69. The quantitative estimate of drug-likeness (QED) is 0.493. The van der Waals surface area contributed by atoms with Crippen LogP contribution in [0.3, 0.4) is 0 Å². The summed E-state index contributed by atoms with van der Waals surface area (Å²) in [5, 5.41) is 3.51. The van der Waals surface area contributed by atoms with Gasteiger partial charge in [0.2, 0.25) is 0 Å². The summed E-state index contributed by atoms with van der Waals surface area (Å²) >= 11 is 0.